The van der Waals surface area contributed by atoms with Crippen LogP contribution in [0.5, 0.6) is 0 Å². The number of carbonyl (C=O) groups is 2. The summed E-state index contributed by atoms with van der Waals surface area (Å²) in [5.74, 6) is 0.128. The topological polar surface area (TPSA) is 40.6 Å². The van der Waals surface area contributed by atoms with Crippen LogP contribution in [0, 0.1) is 13.8 Å². The molecule has 0 unspecified atom stereocenters. The van der Waals surface area contributed by atoms with Gasteiger partial charge in [0.2, 0.25) is 5.91 Å². The molecule has 1 aliphatic rings. The zero-order valence-corrected chi connectivity index (χ0v) is 15.9. The maximum atomic E-state index is 12.7. The molecule has 1 aliphatic heterocycles. The molecule has 0 radical (unpaired) electrons. The van der Waals surface area contributed by atoms with E-state index in [0.717, 1.165) is 11.1 Å². The third kappa shape index (κ3) is 4.25. The van der Waals surface area contributed by atoms with Crippen LogP contribution in [0.3, 0.4) is 0 Å². The van der Waals surface area contributed by atoms with Crippen molar-refractivity contribution in [3.8, 4) is 0 Å². The van der Waals surface area contributed by atoms with Gasteiger partial charge in [-0.25, -0.2) is 0 Å². The molecule has 0 N–H and O–H groups in total. The van der Waals surface area contributed by atoms with Gasteiger partial charge >= 0.3 is 0 Å². The van der Waals surface area contributed by atoms with Crippen LogP contribution in [0.4, 0.5) is 0 Å². The minimum atomic E-state index is 0.0397. The predicted molar refractivity (Wildman–Crippen MR) is 104 cm³/mol. The van der Waals surface area contributed by atoms with Crippen LogP contribution in [0.25, 0.3) is 0 Å². The van der Waals surface area contributed by atoms with Gasteiger partial charge in [0.25, 0.3) is 5.91 Å². The van der Waals surface area contributed by atoms with Gasteiger partial charge in [-0.15, -0.1) is 0 Å². The van der Waals surface area contributed by atoms with Gasteiger partial charge in [-0.3, -0.25) is 9.59 Å². The number of hydrogen-bond donors (Lipinski definition) is 0. The Hall–Kier alpha value is -2.33. The van der Waals surface area contributed by atoms with Gasteiger partial charge in [0.1, 0.15) is 0 Å². The standard InChI is InChI=1S/C21H23ClN2O2/c1-15-3-6-18(13-16(15)2)21(26)24-11-9-23(10-12-24)20(25)14-17-4-7-19(22)8-5-17/h3-8,13H,9-12,14H2,1-2H3. The second-order valence-corrected chi connectivity index (χ2v) is 7.21. The van der Waals surface area contributed by atoms with Crippen molar-refractivity contribution in [1.82, 2.24) is 9.80 Å². The third-order valence-corrected chi connectivity index (χ3v) is 5.19. The summed E-state index contributed by atoms with van der Waals surface area (Å²) in [6.45, 7) is 6.33. The first-order chi connectivity index (χ1) is 12.4. The Kier molecular flexibility index (Phi) is 5.62. The van der Waals surface area contributed by atoms with Gasteiger partial charge in [0, 0.05) is 36.8 Å². The van der Waals surface area contributed by atoms with Crippen LogP contribution in [0.15, 0.2) is 42.5 Å². The molecule has 5 heteroatoms. The van der Waals surface area contributed by atoms with E-state index in [1.807, 2.05) is 54.0 Å². The van der Waals surface area contributed by atoms with Gasteiger partial charge in [-0.2, -0.15) is 0 Å². The molecule has 136 valence electrons. The van der Waals surface area contributed by atoms with E-state index in [2.05, 4.69) is 0 Å². The normalized spacial score (nSPS) is 14.4. The number of hydrogen-bond acceptors (Lipinski definition) is 2. The summed E-state index contributed by atoms with van der Waals surface area (Å²) in [6.07, 6.45) is 0.363. The quantitative estimate of drug-likeness (QED) is 0.829. The van der Waals surface area contributed by atoms with Crippen molar-refractivity contribution in [2.75, 3.05) is 26.2 Å². The summed E-state index contributed by atoms with van der Waals surface area (Å²) < 4.78 is 0. The molecular weight excluding hydrogens is 348 g/mol. The second kappa shape index (κ2) is 7.92. The lowest BCUT2D eigenvalue weighted by atomic mass is 10.1. The van der Waals surface area contributed by atoms with Gasteiger partial charge in [-0.1, -0.05) is 29.8 Å². The number of nitrogens with zero attached hydrogens (tertiary/aromatic N) is 2. The molecule has 1 saturated heterocycles. The summed E-state index contributed by atoms with van der Waals surface area (Å²) >= 11 is 5.88. The maximum Gasteiger partial charge on any atom is 0.253 e. The fourth-order valence-electron chi connectivity index (χ4n) is 3.10. The molecule has 2 aromatic rings. The van der Waals surface area contributed by atoms with E-state index in [0.29, 0.717) is 43.2 Å². The molecule has 0 bridgehead atoms. The van der Waals surface area contributed by atoms with Gasteiger partial charge in [-0.05, 0) is 54.8 Å². The number of aryl methyl sites for hydroxylation is 2. The number of carbonyl (C=O) groups excluding carboxylic acids is 2. The third-order valence-electron chi connectivity index (χ3n) is 4.94. The Bertz CT molecular complexity index is 809. The zero-order chi connectivity index (χ0) is 18.7. The Balaban J connectivity index is 1.56. The molecule has 1 heterocycles. The van der Waals surface area contributed by atoms with Gasteiger partial charge in [0.05, 0.1) is 6.42 Å². The van der Waals surface area contributed by atoms with Crippen LogP contribution < -0.4 is 0 Å². The molecule has 0 spiro atoms. The lowest BCUT2D eigenvalue weighted by molar-refractivity contribution is -0.131. The van der Waals surface area contributed by atoms with Gasteiger partial charge < -0.3 is 9.80 Å². The molecule has 2 amide bonds. The smallest absolute Gasteiger partial charge is 0.253 e. The summed E-state index contributed by atoms with van der Waals surface area (Å²) in [4.78, 5) is 28.8. The molecule has 2 aromatic carbocycles. The molecule has 3 rings (SSSR count). The molecular formula is C21H23ClN2O2. The first kappa shape index (κ1) is 18.5. The minimum absolute atomic E-state index is 0.0397. The molecule has 0 aliphatic carbocycles. The van der Waals surface area contributed by atoms with Crippen LogP contribution in [-0.4, -0.2) is 47.8 Å². The van der Waals surface area contributed by atoms with Crippen LogP contribution in [0.2, 0.25) is 5.02 Å². The Morgan fingerprint density at radius 1 is 0.885 bits per heavy atom. The van der Waals surface area contributed by atoms with E-state index in [-0.39, 0.29) is 11.8 Å². The number of piperazine rings is 1. The van der Waals surface area contributed by atoms with E-state index in [4.69, 9.17) is 11.6 Å². The summed E-state index contributed by atoms with van der Waals surface area (Å²) in [5, 5.41) is 0.666. The molecule has 1 fully saturated rings. The highest BCUT2D eigenvalue weighted by molar-refractivity contribution is 6.30. The van der Waals surface area contributed by atoms with E-state index in [1.165, 1.54) is 5.56 Å². The highest BCUT2D eigenvalue weighted by Crippen LogP contribution is 2.15. The van der Waals surface area contributed by atoms with E-state index < -0.39 is 0 Å². The lowest BCUT2D eigenvalue weighted by Gasteiger charge is -2.35. The zero-order valence-electron chi connectivity index (χ0n) is 15.2. The average molecular weight is 371 g/mol. The second-order valence-electron chi connectivity index (χ2n) is 6.78. The highest BCUT2D eigenvalue weighted by atomic mass is 35.5. The molecule has 0 atom stereocenters. The summed E-state index contributed by atoms with van der Waals surface area (Å²) in [5.41, 5.74) is 3.97. The number of amides is 2. The van der Waals surface area contributed by atoms with Crippen molar-refractivity contribution in [3.05, 3.63) is 69.7 Å². The largest absolute Gasteiger partial charge is 0.339 e. The fraction of sp³-hybridized carbons (Fsp3) is 0.333. The Morgan fingerprint density at radius 3 is 2.12 bits per heavy atom. The maximum absolute atomic E-state index is 12.7. The van der Waals surface area contributed by atoms with Crippen molar-refractivity contribution in [3.63, 3.8) is 0 Å². The van der Waals surface area contributed by atoms with Crippen molar-refractivity contribution >= 4 is 23.4 Å². The number of halogens is 1. The highest BCUT2D eigenvalue weighted by Gasteiger charge is 2.25. The summed E-state index contributed by atoms with van der Waals surface area (Å²) in [6, 6.07) is 13.1. The Morgan fingerprint density at radius 2 is 1.50 bits per heavy atom. The first-order valence-electron chi connectivity index (χ1n) is 8.83. The lowest BCUT2D eigenvalue weighted by Crippen LogP contribution is -2.51. The Labute approximate surface area is 159 Å². The monoisotopic (exact) mass is 370 g/mol. The average Bonchev–Trinajstić information content (AvgIpc) is 2.65. The minimum Gasteiger partial charge on any atom is -0.339 e. The first-order valence-corrected chi connectivity index (χ1v) is 9.20. The molecule has 26 heavy (non-hydrogen) atoms. The van der Waals surface area contributed by atoms with Crippen molar-refractivity contribution in [1.29, 1.82) is 0 Å². The SMILES string of the molecule is Cc1ccc(C(=O)N2CCN(C(=O)Cc3ccc(Cl)cc3)CC2)cc1C. The number of rotatable bonds is 3. The van der Waals surface area contributed by atoms with Crippen LogP contribution in [0.1, 0.15) is 27.0 Å². The van der Waals surface area contributed by atoms with E-state index in [9.17, 15) is 9.59 Å². The van der Waals surface area contributed by atoms with Crippen LogP contribution in [-0.2, 0) is 11.2 Å². The van der Waals surface area contributed by atoms with Crippen molar-refractivity contribution in [2.45, 2.75) is 20.3 Å². The van der Waals surface area contributed by atoms with Gasteiger partial charge in [0.15, 0.2) is 0 Å². The molecule has 4 nitrogen and oxygen atoms in total. The van der Waals surface area contributed by atoms with Crippen molar-refractivity contribution in [2.24, 2.45) is 0 Å². The molecule has 0 aromatic heterocycles. The summed E-state index contributed by atoms with van der Waals surface area (Å²) in [7, 11) is 0. The van der Waals surface area contributed by atoms with E-state index in [1.54, 1.807) is 12.1 Å². The predicted octanol–water partition coefficient (Wildman–Crippen LogP) is 3.48. The van der Waals surface area contributed by atoms with Crippen molar-refractivity contribution < 1.29 is 9.59 Å². The number of benzene rings is 2. The molecule has 0 saturated carbocycles. The van der Waals surface area contributed by atoms with E-state index >= 15 is 0 Å². The van der Waals surface area contributed by atoms with Crippen LogP contribution >= 0.6 is 11.6 Å². The fourth-order valence-corrected chi connectivity index (χ4v) is 3.23.